The second-order valence-corrected chi connectivity index (χ2v) is 9.07. The normalized spacial score (nSPS) is 15.5. The van der Waals surface area contributed by atoms with Crippen LogP contribution in [0.15, 0.2) is 36.4 Å². The van der Waals surface area contributed by atoms with Gasteiger partial charge in [0.2, 0.25) is 0 Å². The second kappa shape index (κ2) is 6.23. The van der Waals surface area contributed by atoms with Crippen molar-refractivity contribution in [3.8, 4) is 0 Å². The van der Waals surface area contributed by atoms with E-state index in [9.17, 15) is 4.39 Å². The maximum atomic E-state index is 15.1. The van der Waals surface area contributed by atoms with Crippen molar-refractivity contribution < 1.29 is 8.78 Å². The van der Waals surface area contributed by atoms with Gasteiger partial charge in [-0.1, -0.05) is 65.0 Å². The molecule has 0 unspecified atom stereocenters. The van der Waals surface area contributed by atoms with Crippen LogP contribution >= 0.6 is 0 Å². The molecule has 2 aromatic rings. The van der Waals surface area contributed by atoms with Gasteiger partial charge in [-0.05, 0) is 58.8 Å². The van der Waals surface area contributed by atoms with Gasteiger partial charge in [-0.3, -0.25) is 0 Å². The molecular weight excluding hydrogens is 314 g/mol. The molecule has 0 amide bonds. The van der Waals surface area contributed by atoms with Crippen LogP contribution in [0, 0.1) is 11.6 Å². The lowest BCUT2D eigenvalue weighted by atomic mass is 9.75. The van der Waals surface area contributed by atoms with E-state index in [0.717, 1.165) is 0 Å². The highest BCUT2D eigenvalue weighted by atomic mass is 19.1. The van der Waals surface area contributed by atoms with E-state index in [1.807, 2.05) is 20.8 Å². The first-order valence-corrected chi connectivity index (χ1v) is 9.18. The van der Waals surface area contributed by atoms with Gasteiger partial charge >= 0.3 is 0 Å². The molecule has 134 valence electrons. The molecule has 1 fully saturated rings. The molecule has 3 rings (SSSR count). The van der Waals surface area contributed by atoms with E-state index in [4.69, 9.17) is 0 Å². The topological polar surface area (TPSA) is 0 Å². The zero-order valence-corrected chi connectivity index (χ0v) is 15.9. The predicted octanol–water partition coefficient (Wildman–Crippen LogP) is 6.66. The van der Waals surface area contributed by atoms with E-state index in [0.29, 0.717) is 17.9 Å². The number of hydrogen-bond donors (Lipinski definition) is 0. The Morgan fingerprint density at radius 3 is 2.16 bits per heavy atom. The minimum atomic E-state index is -0.555. The highest BCUT2D eigenvalue weighted by Gasteiger charge is 2.33. The van der Waals surface area contributed by atoms with Gasteiger partial charge in [0.25, 0.3) is 0 Å². The van der Waals surface area contributed by atoms with Crippen LogP contribution < -0.4 is 0 Å². The number of hydrogen-bond acceptors (Lipinski definition) is 0. The lowest BCUT2D eigenvalue weighted by molar-refractivity contribution is 0.452. The van der Waals surface area contributed by atoms with Crippen LogP contribution in [0.2, 0.25) is 0 Å². The van der Waals surface area contributed by atoms with Gasteiger partial charge in [-0.25, -0.2) is 8.78 Å². The SMILES string of the molecule is CC(C)(C)c1c(F)ccc(CC(C)(C)c2ccccc2C2CC2)c1F. The van der Waals surface area contributed by atoms with E-state index in [1.165, 1.54) is 30.0 Å². The molecule has 25 heavy (non-hydrogen) atoms. The first kappa shape index (κ1) is 18.1. The molecule has 0 aliphatic heterocycles. The van der Waals surface area contributed by atoms with Crippen molar-refractivity contribution in [1.82, 2.24) is 0 Å². The summed E-state index contributed by atoms with van der Waals surface area (Å²) in [7, 11) is 0. The second-order valence-electron chi connectivity index (χ2n) is 9.07. The van der Waals surface area contributed by atoms with Crippen LogP contribution in [-0.2, 0) is 17.3 Å². The van der Waals surface area contributed by atoms with Crippen LogP contribution in [0.3, 0.4) is 0 Å². The van der Waals surface area contributed by atoms with E-state index in [-0.39, 0.29) is 16.8 Å². The summed E-state index contributed by atoms with van der Waals surface area (Å²) in [6.45, 7) is 9.88. The third-order valence-electron chi connectivity index (χ3n) is 5.26. The van der Waals surface area contributed by atoms with Gasteiger partial charge in [0.05, 0.1) is 0 Å². The first-order chi connectivity index (χ1) is 11.6. The van der Waals surface area contributed by atoms with Crippen LogP contribution in [-0.4, -0.2) is 0 Å². The summed E-state index contributed by atoms with van der Waals surface area (Å²) < 4.78 is 29.3. The summed E-state index contributed by atoms with van der Waals surface area (Å²) in [6, 6.07) is 11.5. The van der Waals surface area contributed by atoms with Gasteiger partial charge in [0.15, 0.2) is 0 Å². The molecule has 1 aliphatic rings. The van der Waals surface area contributed by atoms with E-state index >= 15 is 4.39 Å². The summed E-state index contributed by atoms with van der Waals surface area (Å²) in [5.74, 6) is -0.187. The van der Waals surface area contributed by atoms with Crippen molar-refractivity contribution in [2.75, 3.05) is 0 Å². The summed E-state index contributed by atoms with van der Waals surface area (Å²) in [5.41, 5.74) is 2.72. The molecule has 0 bridgehead atoms. The fraction of sp³-hybridized carbons (Fsp3) is 0.478. The summed E-state index contributed by atoms with van der Waals surface area (Å²) >= 11 is 0. The van der Waals surface area contributed by atoms with Gasteiger partial charge in [0.1, 0.15) is 11.6 Å². The van der Waals surface area contributed by atoms with Crippen LogP contribution in [0.4, 0.5) is 8.78 Å². The molecule has 2 heteroatoms. The predicted molar refractivity (Wildman–Crippen MR) is 100 cm³/mol. The Morgan fingerprint density at radius 1 is 0.920 bits per heavy atom. The summed E-state index contributed by atoms with van der Waals surface area (Å²) in [5, 5.41) is 0. The monoisotopic (exact) mass is 342 g/mol. The average molecular weight is 342 g/mol. The third kappa shape index (κ3) is 3.63. The Kier molecular flexibility index (Phi) is 4.51. The van der Waals surface area contributed by atoms with Crippen molar-refractivity contribution >= 4 is 0 Å². The number of benzene rings is 2. The summed E-state index contributed by atoms with van der Waals surface area (Å²) in [6.07, 6.45) is 3.05. The van der Waals surface area contributed by atoms with Gasteiger partial charge in [0, 0.05) is 5.56 Å². The molecule has 0 nitrogen and oxygen atoms in total. The molecule has 2 aromatic carbocycles. The molecule has 0 aromatic heterocycles. The summed E-state index contributed by atoms with van der Waals surface area (Å²) in [4.78, 5) is 0. The van der Waals surface area contributed by atoms with Gasteiger partial charge in [-0.2, -0.15) is 0 Å². The maximum absolute atomic E-state index is 15.1. The van der Waals surface area contributed by atoms with Crippen LogP contribution in [0.25, 0.3) is 0 Å². The maximum Gasteiger partial charge on any atom is 0.133 e. The fourth-order valence-corrected chi connectivity index (χ4v) is 3.85. The third-order valence-corrected chi connectivity index (χ3v) is 5.26. The van der Waals surface area contributed by atoms with Crippen molar-refractivity contribution in [3.63, 3.8) is 0 Å². The standard InChI is InChI=1S/C23H28F2/c1-22(2,3)20-19(24)13-12-16(21(20)25)14-23(4,5)18-9-7-6-8-17(18)15-10-11-15/h6-9,12-13,15H,10-11,14H2,1-5H3. The number of halogens is 2. The average Bonchev–Trinajstić information content (AvgIpc) is 3.33. The quantitative estimate of drug-likeness (QED) is 0.583. The van der Waals surface area contributed by atoms with Crippen molar-refractivity contribution in [3.05, 3.63) is 70.3 Å². The van der Waals surface area contributed by atoms with Crippen molar-refractivity contribution in [2.24, 2.45) is 0 Å². The van der Waals surface area contributed by atoms with Crippen molar-refractivity contribution in [2.45, 2.75) is 70.6 Å². The molecule has 0 heterocycles. The smallest absolute Gasteiger partial charge is 0.133 e. The molecule has 0 saturated heterocycles. The molecule has 1 aliphatic carbocycles. The van der Waals surface area contributed by atoms with E-state index in [2.05, 4.69) is 38.1 Å². The van der Waals surface area contributed by atoms with E-state index < -0.39 is 11.2 Å². The Hall–Kier alpha value is -1.70. The molecular formula is C23H28F2. The molecule has 0 N–H and O–H groups in total. The Bertz CT molecular complexity index is 777. The Morgan fingerprint density at radius 2 is 1.56 bits per heavy atom. The largest absolute Gasteiger partial charge is 0.207 e. The lowest BCUT2D eigenvalue weighted by Crippen LogP contribution is -2.24. The van der Waals surface area contributed by atoms with Crippen molar-refractivity contribution in [1.29, 1.82) is 0 Å². The Balaban J connectivity index is 2.00. The Labute approximate surface area is 150 Å². The minimum absolute atomic E-state index is 0.191. The van der Waals surface area contributed by atoms with Crippen LogP contribution in [0.1, 0.15) is 75.6 Å². The lowest BCUT2D eigenvalue weighted by Gasteiger charge is -2.30. The molecule has 0 atom stereocenters. The molecule has 0 radical (unpaired) electrons. The minimum Gasteiger partial charge on any atom is -0.207 e. The highest BCUT2D eigenvalue weighted by Crippen LogP contribution is 2.45. The zero-order chi connectivity index (χ0) is 18.4. The molecule has 0 spiro atoms. The van der Waals surface area contributed by atoms with E-state index in [1.54, 1.807) is 6.07 Å². The fourth-order valence-electron chi connectivity index (χ4n) is 3.85. The van der Waals surface area contributed by atoms with Gasteiger partial charge in [-0.15, -0.1) is 0 Å². The molecule has 1 saturated carbocycles. The van der Waals surface area contributed by atoms with Crippen LogP contribution in [0.5, 0.6) is 0 Å². The zero-order valence-electron chi connectivity index (χ0n) is 15.9. The van der Waals surface area contributed by atoms with Gasteiger partial charge < -0.3 is 0 Å². The highest BCUT2D eigenvalue weighted by molar-refractivity contribution is 5.41. The first-order valence-electron chi connectivity index (χ1n) is 9.18. The number of rotatable bonds is 4.